The molecule has 1 heterocycles. The molecule has 0 amide bonds. The molecule has 0 unspecified atom stereocenters. The summed E-state index contributed by atoms with van der Waals surface area (Å²) in [5.41, 5.74) is 7.62. The highest BCUT2D eigenvalue weighted by atomic mass is 15.2. The first-order chi connectivity index (χ1) is 8.09. The highest BCUT2D eigenvalue weighted by molar-refractivity contribution is 5.15. The Kier molecular flexibility index (Phi) is 3.85. The number of rotatable bonds is 2. The van der Waals surface area contributed by atoms with Crippen LogP contribution in [0.1, 0.15) is 32.8 Å². The lowest BCUT2D eigenvalue weighted by Crippen LogP contribution is -2.56. The van der Waals surface area contributed by atoms with Gasteiger partial charge in [0.05, 0.1) is 0 Å². The quantitative estimate of drug-likeness (QED) is 0.849. The third-order valence-electron chi connectivity index (χ3n) is 4.34. The Hall–Kier alpha value is -0.860. The number of piperidine rings is 1. The van der Waals surface area contributed by atoms with E-state index >= 15 is 0 Å². The van der Waals surface area contributed by atoms with Gasteiger partial charge in [0.1, 0.15) is 0 Å². The Morgan fingerprint density at radius 2 is 1.76 bits per heavy atom. The Morgan fingerprint density at radius 3 is 2.41 bits per heavy atom. The SMILES string of the molecule is C[C@@H]1C[C@H](N)[C@H](C)N(Cc2ccccc2)[C@@H]1C. The van der Waals surface area contributed by atoms with E-state index in [4.69, 9.17) is 5.73 Å². The molecule has 0 bridgehead atoms. The molecule has 1 saturated heterocycles. The van der Waals surface area contributed by atoms with Gasteiger partial charge in [-0.3, -0.25) is 4.90 Å². The standard InChI is InChI=1S/C15H24N2/c1-11-9-15(16)13(3)17(12(11)2)10-14-7-5-4-6-8-14/h4-8,11-13,15H,9-10,16H2,1-3H3/t11-,12-,13+,15+/m1/s1. The lowest BCUT2D eigenvalue weighted by molar-refractivity contribution is 0.0425. The van der Waals surface area contributed by atoms with Crippen molar-refractivity contribution in [2.45, 2.75) is 51.9 Å². The van der Waals surface area contributed by atoms with Gasteiger partial charge in [-0.25, -0.2) is 0 Å². The molecule has 1 aromatic carbocycles. The van der Waals surface area contributed by atoms with Crippen LogP contribution in [-0.4, -0.2) is 23.0 Å². The van der Waals surface area contributed by atoms with Gasteiger partial charge in [0.2, 0.25) is 0 Å². The Balaban J connectivity index is 2.12. The minimum atomic E-state index is 0.310. The third-order valence-corrected chi connectivity index (χ3v) is 4.34. The van der Waals surface area contributed by atoms with E-state index in [1.165, 1.54) is 5.56 Å². The summed E-state index contributed by atoms with van der Waals surface area (Å²) in [6.45, 7) is 7.92. The Labute approximate surface area is 105 Å². The molecule has 1 fully saturated rings. The van der Waals surface area contributed by atoms with Gasteiger partial charge in [-0.05, 0) is 31.7 Å². The van der Waals surface area contributed by atoms with Gasteiger partial charge in [0, 0.05) is 24.7 Å². The normalized spacial score (nSPS) is 34.8. The second-order valence-corrected chi connectivity index (χ2v) is 5.52. The molecule has 2 heteroatoms. The van der Waals surface area contributed by atoms with E-state index in [-0.39, 0.29) is 0 Å². The fraction of sp³-hybridized carbons (Fsp3) is 0.600. The van der Waals surface area contributed by atoms with E-state index in [1.807, 2.05) is 0 Å². The van der Waals surface area contributed by atoms with Crippen LogP contribution in [0.15, 0.2) is 30.3 Å². The third kappa shape index (κ3) is 2.70. The van der Waals surface area contributed by atoms with E-state index in [0.29, 0.717) is 24.0 Å². The predicted octanol–water partition coefficient (Wildman–Crippen LogP) is 2.63. The lowest BCUT2D eigenvalue weighted by atomic mass is 9.84. The summed E-state index contributed by atoms with van der Waals surface area (Å²) in [6, 6.07) is 12.1. The van der Waals surface area contributed by atoms with Gasteiger partial charge < -0.3 is 5.73 Å². The molecular weight excluding hydrogens is 208 g/mol. The minimum absolute atomic E-state index is 0.310. The van der Waals surface area contributed by atoms with E-state index in [2.05, 4.69) is 56.0 Å². The van der Waals surface area contributed by atoms with Crippen molar-refractivity contribution in [3.63, 3.8) is 0 Å². The maximum absolute atomic E-state index is 6.23. The lowest BCUT2D eigenvalue weighted by Gasteiger charge is -2.46. The average molecular weight is 232 g/mol. The Morgan fingerprint density at radius 1 is 1.12 bits per heavy atom. The van der Waals surface area contributed by atoms with Crippen LogP contribution in [0.4, 0.5) is 0 Å². The molecule has 1 aromatic rings. The summed E-state index contributed by atoms with van der Waals surface area (Å²) < 4.78 is 0. The maximum Gasteiger partial charge on any atom is 0.0240 e. The van der Waals surface area contributed by atoms with E-state index in [9.17, 15) is 0 Å². The van der Waals surface area contributed by atoms with Crippen LogP contribution in [0.3, 0.4) is 0 Å². The maximum atomic E-state index is 6.23. The largest absolute Gasteiger partial charge is 0.326 e. The molecule has 1 aliphatic heterocycles. The van der Waals surface area contributed by atoms with Gasteiger partial charge in [0.25, 0.3) is 0 Å². The van der Waals surface area contributed by atoms with E-state index in [1.54, 1.807) is 0 Å². The molecule has 4 atom stereocenters. The number of hydrogen-bond acceptors (Lipinski definition) is 2. The highest BCUT2D eigenvalue weighted by Gasteiger charge is 2.34. The van der Waals surface area contributed by atoms with Crippen molar-refractivity contribution in [2.24, 2.45) is 11.7 Å². The van der Waals surface area contributed by atoms with Crippen LogP contribution in [0, 0.1) is 5.92 Å². The Bertz CT molecular complexity index is 335. The number of nitrogens with zero attached hydrogens (tertiary/aromatic N) is 1. The first kappa shape index (κ1) is 12.6. The van der Waals surface area contributed by atoms with Crippen molar-refractivity contribution in [2.75, 3.05) is 0 Å². The van der Waals surface area contributed by atoms with Crippen LogP contribution < -0.4 is 5.73 Å². The number of hydrogen-bond donors (Lipinski definition) is 1. The first-order valence-electron chi connectivity index (χ1n) is 6.65. The molecule has 1 aliphatic rings. The number of nitrogens with two attached hydrogens (primary N) is 1. The smallest absolute Gasteiger partial charge is 0.0240 e. The summed E-state index contributed by atoms with van der Waals surface area (Å²) in [7, 11) is 0. The molecule has 94 valence electrons. The minimum Gasteiger partial charge on any atom is -0.326 e. The molecule has 2 N–H and O–H groups in total. The zero-order valence-corrected chi connectivity index (χ0v) is 11.1. The molecule has 0 saturated carbocycles. The molecule has 0 aliphatic carbocycles. The topological polar surface area (TPSA) is 29.3 Å². The van der Waals surface area contributed by atoms with Crippen molar-refractivity contribution in [3.8, 4) is 0 Å². The second kappa shape index (κ2) is 5.19. The fourth-order valence-corrected chi connectivity index (χ4v) is 2.85. The van der Waals surface area contributed by atoms with E-state index in [0.717, 1.165) is 13.0 Å². The van der Waals surface area contributed by atoms with Crippen LogP contribution in [0.25, 0.3) is 0 Å². The predicted molar refractivity (Wildman–Crippen MR) is 72.7 cm³/mol. The highest BCUT2D eigenvalue weighted by Crippen LogP contribution is 2.28. The molecule has 0 aromatic heterocycles. The van der Waals surface area contributed by atoms with Crippen LogP contribution in [-0.2, 0) is 6.54 Å². The summed E-state index contributed by atoms with van der Waals surface area (Å²) in [5, 5.41) is 0. The van der Waals surface area contributed by atoms with Crippen LogP contribution >= 0.6 is 0 Å². The fourth-order valence-electron chi connectivity index (χ4n) is 2.85. The summed E-state index contributed by atoms with van der Waals surface area (Å²) in [4.78, 5) is 2.55. The van der Waals surface area contributed by atoms with Gasteiger partial charge in [-0.1, -0.05) is 37.3 Å². The van der Waals surface area contributed by atoms with Crippen molar-refractivity contribution >= 4 is 0 Å². The number of benzene rings is 1. The molecule has 0 spiro atoms. The second-order valence-electron chi connectivity index (χ2n) is 5.52. The van der Waals surface area contributed by atoms with Gasteiger partial charge >= 0.3 is 0 Å². The van der Waals surface area contributed by atoms with Crippen LogP contribution in [0.2, 0.25) is 0 Å². The van der Waals surface area contributed by atoms with Crippen LogP contribution in [0.5, 0.6) is 0 Å². The number of likely N-dealkylation sites (tertiary alicyclic amines) is 1. The van der Waals surface area contributed by atoms with Gasteiger partial charge in [0.15, 0.2) is 0 Å². The monoisotopic (exact) mass is 232 g/mol. The van der Waals surface area contributed by atoms with Gasteiger partial charge in [-0.15, -0.1) is 0 Å². The first-order valence-corrected chi connectivity index (χ1v) is 6.65. The van der Waals surface area contributed by atoms with Crippen molar-refractivity contribution in [1.29, 1.82) is 0 Å². The van der Waals surface area contributed by atoms with Crippen molar-refractivity contribution in [1.82, 2.24) is 4.90 Å². The van der Waals surface area contributed by atoms with Crippen molar-refractivity contribution in [3.05, 3.63) is 35.9 Å². The average Bonchev–Trinajstić information content (AvgIpc) is 2.33. The molecule has 2 nitrogen and oxygen atoms in total. The van der Waals surface area contributed by atoms with E-state index < -0.39 is 0 Å². The summed E-state index contributed by atoms with van der Waals surface area (Å²) >= 11 is 0. The zero-order chi connectivity index (χ0) is 12.4. The zero-order valence-electron chi connectivity index (χ0n) is 11.1. The molecule has 0 radical (unpaired) electrons. The summed E-state index contributed by atoms with van der Waals surface area (Å²) in [5.74, 6) is 0.685. The van der Waals surface area contributed by atoms with Crippen molar-refractivity contribution < 1.29 is 0 Å². The molecule has 17 heavy (non-hydrogen) atoms. The molecule has 2 rings (SSSR count). The molecular formula is C15H24N2. The summed E-state index contributed by atoms with van der Waals surface area (Å²) in [6.07, 6.45) is 1.15. The van der Waals surface area contributed by atoms with Gasteiger partial charge in [-0.2, -0.15) is 0 Å².